The van der Waals surface area contributed by atoms with E-state index in [0.717, 1.165) is 12.0 Å². The molecule has 7 aliphatic rings. The molecule has 6 unspecified atom stereocenters. The van der Waals surface area contributed by atoms with Gasteiger partial charge in [0.05, 0.1) is 35.6 Å². The number of benzene rings is 1. The number of ketones is 1. The molecule has 4 bridgehead atoms. The van der Waals surface area contributed by atoms with E-state index in [2.05, 4.69) is 21.5 Å². The van der Waals surface area contributed by atoms with E-state index >= 15 is 4.79 Å². The molecule has 6 atom stereocenters. The molecule has 56 heavy (non-hydrogen) atoms. The van der Waals surface area contributed by atoms with Gasteiger partial charge in [-0.3, -0.25) is 14.6 Å². The van der Waals surface area contributed by atoms with E-state index in [-0.39, 0.29) is 35.2 Å². The summed E-state index contributed by atoms with van der Waals surface area (Å²) in [6, 6.07) is -0.665. The molecular weight excluding hydrogens is 739 g/mol. The predicted octanol–water partition coefficient (Wildman–Crippen LogP) is 6.95. The van der Waals surface area contributed by atoms with Gasteiger partial charge in [-0.1, -0.05) is 29.4 Å². The Labute approximate surface area is 325 Å². The fraction of sp³-hybridized carbons (Fsp3) is 0.512. The first-order valence-corrected chi connectivity index (χ1v) is 20.5. The van der Waals surface area contributed by atoms with E-state index in [0.29, 0.717) is 58.9 Å². The zero-order valence-corrected chi connectivity index (χ0v) is 34.1. The highest BCUT2D eigenvalue weighted by Crippen LogP contribution is 2.74. The third-order valence-corrected chi connectivity index (χ3v) is 12.7. The van der Waals surface area contributed by atoms with Gasteiger partial charge in [-0.15, -0.1) is 0 Å². The zero-order valence-electron chi connectivity index (χ0n) is 33.2. The number of rotatable bonds is 10. The molecule has 3 N–H and O–H groups in total. The first-order chi connectivity index (χ1) is 26.3. The van der Waals surface area contributed by atoms with Gasteiger partial charge in [0.25, 0.3) is 0 Å². The Balaban J connectivity index is 1.47. The van der Waals surface area contributed by atoms with Crippen LogP contribution in [0.5, 0.6) is 17.2 Å². The van der Waals surface area contributed by atoms with Crippen LogP contribution in [0, 0.1) is 11.8 Å². The number of anilines is 1. The summed E-state index contributed by atoms with van der Waals surface area (Å²) in [5.74, 6) is -0.901. The van der Waals surface area contributed by atoms with E-state index in [1.165, 1.54) is 19.0 Å². The maximum atomic E-state index is 15.3. The molecule has 14 nitrogen and oxygen atoms in total. The topological polar surface area (TPSA) is 181 Å². The van der Waals surface area contributed by atoms with Crippen LogP contribution in [0.15, 0.2) is 52.9 Å². The number of carbonyl (C=O) groups is 2. The van der Waals surface area contributed by atoms with Gasteiger partial charge in [-0.2, -0.15) is 10.1 Å². The Bertz CT molecular complexity index is 2290. The van der Waals surface area contributed by atoms with Crippen LogP contribution in [-0.4, -0.2) is 65.8 Å². The largest absolute Gasteiger partial charge is 0.524 e. The van der Waals surface area contributed by atoms with Gasteiger partial charge in [0.2, 0.25) is 5.95 Å². The van der Waals surface area contributed by atoms with Crippen molar-refractivity contribution >= 4 is 37.3 Å². The summed E-state index contributed by atoms with van der Waals surface area (Å²) in [6.45, 7) is 15.6. The van der Waals surface area contributed by atoms with Crippen molar-refractivity contribution < 1.29 is 47.4 Å². The molecule has 5 heterocycles. The molecule has 4 aliphatic heterocycles. The molecule has 1 saturated heterocycles. The van der Waals surface area contributed by atoms with Crippen LogP contribution in [0.1, 0.15) is 104 Å². The second-order valence-corrected chi connectivity index (χ2v) is 18.2. The number of hydrogen-bond acceptors (Lipinski definition) is 11. The molecule has 2 aromatic rings. The van der Waals surface area contributed by atoms with Gasteiger partial charge in [0, 0.05) is 35.0 Å². The molecule has 15 heteroatoms. The molecule has 1 spiro atoms. The third kappa shape index (κ3) is 5.50. The fourth-order valence-electron chi connectivity index (χ4n) is 9.94. The highest BCUT2D eigenvalue weighted by Gasteiger charge is 2.84. The maximum Gasteiger partial charge on any atom is 0.524 e. The minimum atomic E-state index is -5.20. The van der Waals surface area contributed by atoms with Crippen molar-refractivity contribution in [2.45, 2.75) is 116 Å². The SMILES string of the molecule is COC(=O)/C(C)=C\CC12OC(C)(C)C3CC(C1=O)C1C4=C(Nc5ncnn51)c1c(OP(=O)(O)O)c5c(c(CC=C(C)C)c1OC432)OC(C)(CCC=C(C)C)C=C5. The average Bonchev–Trinajstić information content (AvgIpc) is 3.64. The third-order valence-electron chi connectivity index (χ3n) is 12.3. The molecule has 0 amide bonds. The quantitative estimate of drug-likeness (QED) is 0.0975. The first kappa shape index (κ1) is 38.4. The van der Waals surface area contributed by atoms with Crippen LogP contribution in [0.2, 0.25) is 0 Å². The summed E-state index contributed by atoms with van der Waals surface area (Å²) >= 11 is 0. The van der Waals surface area contributed by atoms with E-state index in [1.54, 1.807) is 17.7 Å². The number of esters is 1. The number of ether oxygens (including phenoxy) is 4. The Hall–Kier alpha value is -4.49. The van der Waals surface area contributed by atoms with Crippen molar-refractivity contribution in [3.05, 3.63) is 69.6 Å². The highest BCUT2D eigenvalue weighted by atomic mass is 31.2. The molecule has 1 aromatic carbocycles. The lowest BCUT2D eigenvalue weighted by atomic mass is 9.47. The highest BCUT2D eigenvalue weighted by molar-refractivity contribution is 7.46. The molecule has 4 fully saturated rings. The summed E-state index contributed by atoms with van der Waals surface area (Å²) in [6.07, 6.45) is 13.0. The second-order valence-electron chi connectivity index (χ2n) is 17.0. The van der Waals surface area contributed by atoms with Crippen LogP contribution < -0.4 is 19.3 Å². The lowest BCUT2D eigenvalue weighted by molar-refractivity contribution is -0.181. The molecule has 9 rings (SSSR count). The second kappa shape index (κ2) is 12.8. The minimum Gasteiger partial charge on any atom is -0.482 e. The Morgan fingerprint density at radius 3 is 2.50 bits per heavy atom. The van der Waals surface area contributed by atoms with Crippen LogP contribution in [0.25, 0.3) is 11.8 Å². The smallest absolute Gasteiger partial charge is 0.482 e. The van der Waals surface area contributed by atoms with Gasteiger partial charge in [0.1, 0.15) is 23.4 Å². The lowest BCUT2D eigenvalue weighted by Crippen LogP contribution is -2.75. The number of carbonyl (C=O) groups excluding carboxylic acids is 2. The summed E-state index contributed by atoms with van der Waals surface area (Å²) in [4.78, 5) is 53.5. The summed E-state index contributed by atoms with van der Waals surface area (Å²) in [7, 11) is -3.89. The maximum absolute atomic E-state index is 15.3. The van der Waals surface area contributed by atoms with Gasteiger partial charge in [-0.25, -0.2) is 14.0 Å². The average molecular weight is 789 g/mol. The molecular formula is C41H49N4O10P. The van der Waals surface area contributed by atoms with Crippen LogP contribution in [0.3, 0.4) is 0 Å². The zero-order chi connectivity index (χ0) is 40.3. The van der Waals surface area contributed by atoms with Gasteiger partial charge in [0.15, 0.2) is 22.7 Å². The molecule has 3 saturated carbocycles. The predicted molar refractivity (Wildman–Crippen MR) is 207 cm³/mol. The number of aromatic nitrogens is 3. The number of fused-ring (bicyclic) bond motifs is 4. The normalized spacial score (nSPS) is 29.9. The number of allylic oxidation sites excluding steroid dienone is 4. The number of nitrogens with zero attached hydrogens (tertiary/aromatic N) is 3. The van der Waals surface area contributed by atoms with Crippen molar-refractivity contribution in [1.29, 1.82) is 0 Å². The molecule has 1 aromatic heterocycles. The first-order valence-electron chi connectivity index (χ1n) is 19.0. The van der Waals surface area contributed by atoms with E-state index < -0.39 is 48.2 Å². The lowest BCUT2D eigenvalue weighted by Gasteiger charge is -2.62. The van der Waals surface area contributed by atoms with Crippen molar-refractivity contribution in [3.8, 4) is 17.2 Å². The number of nitrogens with one attached hydrogen (secondary N) is 1. The molecule has 0 radical (unpaired) electrons. The van der Waals surface area contributed by atoms with Gasteiger partial charge >= 0.3 is 13.8 Å². The Morgan fingerprint density at radius 2 is 1.82 bits per heavy atom. The van der Waals surface area contributed by atoms with Crippen LogP contribution >= 0.6 is 7.82 Å². The van der Waals surface area contributed by atoms with Gasteiger partial charge < -0.3 is 28.8 Å². The van der Waals surface area contributed by atoms with E-state index in [9.17, 15) is 19.1 Å². The molecule has 298 valence electrons. The number of phosphoric ester groups is 1. The van der Waals surface area contributed by atoms with Gasteiger partial charge in [-0.05, 0) is 93.2 Å². The standard InChI is InChI=1S/C41H49N4O10P/c1-21(2)11-10-16-39(8)17-15-25-32(52-39)24(13-12-22(3)4)33-28(34(25)54-56(48,49)50)30-29-31(45-37(44-30)42-20-43-45)26-19-27-38(6,7)55-40(35(26)46,41(27,29)53-33)18-14-23(5)36(47)51-9/h11-12,14-15,17,20,26-27,31H,10,13,16,18-19H2,1-9H3,(H,42,43,44)(H2,48,49,50)/b23-14-. The van der Waals surface area contributed by atoms with Crippen molar-refractivity contribution in [1.82, 2.24) is 14.8 Å². The fourth-order valence-corrected chi connectivity index (χ4v) is 10.4. The summed E-state index contributed by atoms with van der Waals surface area (Å²) in [5.41, 5.74) is 0.0540. The van der Waals surface area contributed by atoms with Crippen molar-refractivity contribution in [2.24, 2.45) is 11.8 Å². The van der Waals surface area contributed by atoms with E-state index in [1.807, 2.05) is 66.7 Å². The summed E-state index contributed by atoms with van der Waals surface area (Å²) < 4.78 is 46.9. The number of phosphoric acid groups is 1. The number of hydrogen-bond donors (Lipinski definition) is 3. The Morgan fingerprint density at radius 1 is 1.09 bits per heavy atom. The van der Waals surface area contributed by atoms with Crippen LogP contribution in [0.4, 0.5) is 5.95 Å². The molecule has 3 aliphatic carbocycles. The van der Waals surface area contributed by atoms with Crippen molar-refractivity contribution in [2.75, 3.05) is 12.4 Å². The van der Waals surface area contributed by atoms with Crippen molar-refractivity contribution in [3.63, 3.8) is 0 Å². The monoisotopic (exact) mass is 788 g/mol. The van der Waals surface area contributed by atoms with E-state index in [4.69, 9.17) is 23.5 Å². The van der Waals surface area contributed by atoms with Crippen LogP contribution in [-0.2, 0) is 30.0 Å². The summed E-state index contributed by atoms with van der Waals surface area (Å²) in [5, 5.41) is 8.03. The number of methoxy groups -OCH3 is 1. The Kier molecular flexibility index (Phi) is 8.75. The number of Topliss-reactive ketones (excluding diaryl/α,β-unsaturated/α-hetero) is 1. The minimum absolute atomic E-state index is 0.00595.